The summed E-state index contributed by atoms with van der Waals surface area (Å²) in [4.78, 5) is 4.29. The van der Waals surface area contributed by atoms with Crippen molar-refractivity contribution < 1.29 is 0 Å². The molecule has 5 heteroatoms. The molecule has 2 aromatic rings. The maximum absolute atomic E-state index is 5.99. The van der Waals surface area contributed by atoms with Gasteiger partial charge >= 0.3 is 0 Å². The van der Waals surface area contributed by atoms with Crippen LogP contribution < -0.4 is 5.73 Å². The van der Waals surface area contributed by atoms with Crippen molar-refractivity contribution in [1.29, 1.82) is 0 Å². The van der Waals surface area contributed by atoms with Crippen LogP contribution in [0.1, 0.15) is 6.92 Å². The average Bonchev–Trinajstić information content (AvgIpc) is 2.87. The van der Waals surface area contributed by atoms with Crippen LogP contribution in [0.4, 0.5) is 5.82 Å². The number of rotatable bonds is 4. The van der Waals surface area contributed by atoms with Crippen molar-refractivity contribution in [3.8, 4) is 11.3 Å². The summed E-state index contributed by atoms with van der Waals surface area (Å²) in [5.41, 5.74) is 7.71. The molecule has 0 amide bonds. The second kappa shape index (κ2) is 4.22. The quantitative estimate of drug-likeness (QED) is 0.790. The number of hydrogen-bond donors (Lipinski definition) is 1. The highest BCUT2D eigenvalue weighted by atomic mass is 15.3. The number of nitrogens with two attached hydrogens (primary N) is 1. The van der Waals surface area contributed by atoms with Crippen LogP contribution in [0.25, 0.3) is 11.3 Å². The Hall–Kier alpha value is -2.04. The SMILES string of the molecule is C=CCn1cnc(-c2cnn(CC)c2)c1N. The first-order valence-electron chi connectivity index (χ1n) is 5.20. The fraction of sp³-hybridized carbons (Fsp3) is 0.273. The Bertz CT molecular complexity index is 494. The van der Waals surface area contributed by atoms with E-state index in [9.17, 15) is 0 Å². The van der Waals surface area contributed by atoms with Crippen LogP contribution in [-0.2, 0) is 13.1 Å². The van der Waals surface area contributed by atoms with Crippen LogP contribution in [-0.4, -0.2) is 19.3 Å². The average molecular weight is 217 g/mol. The lowest BCUT2D eigenvalue weighted by Gasteiger charge is -2.00. The van der Waals surface area contributed by atoms with E-state index < -0.39 is 0 Å². The number of aromatic nitrogens is 4. The van der Waals surface area contributed by atoms with E-state index in [4.69, 9.17) is 5.73 Å². The third-order valence-corrected chi connectivity index (χ3v) is 2.43. The van der Waals surface area contributed by atoms with E-state index in [0.717, 1.165) is 17.8 Å². The summed E-state index contributed by atoms with van der Waals surface area (Å²) in [6.07, 6.45) is 7.23. The number of allylic oxidation sites excluding steroid dienone is 1. The molecule has 0 aliphatic heterocycles. The molecule has 0 aliphatic carbocycles. The topological polar surface area (TPSA) is 61.7 Å². The molecule has 0 fully saturated rings. The standard InChI is InChI=1S/C11H15N5/c1-3-5-15-8-13-10(11(15)12)9-6-14-16(4-2)7-9/h3,6-8H,1,4-5,12H2,2H3. The molecule has 0 bridgehead atoms. The lowest BCUT2D eigenvalue weighted by Crippen LogP contribution is -2.00. The molecular weight excluding hydrogens is 202 g/mol. The van der Waals surface area contributed by atoms with Gasteiger partial charge in [-0.1, -0.05) is 6.08 Å². The van der Waals surface area contributed by atoms with E-state index in [1.54, 1.807) is 18.6 Å². The van der Waals surface area contributed by atoms with Gasteiger partial charge in [-0.2, -0.15) is 5.10 Å². The number of nitrogen functional groups attached to an aromatic ring is 1. The summed E-state index contributed by atoms with van der Waals surface area (Å²) in [7, 11) is 0. The number of aryl methyl sites for hydroxylation is 1. The highest BCUT2D eigenvalue weighted by Crippen LogP contribution is 2.23. The molecule has 2 N–H and O–H groups in total. The van der Waals surface area contributed by atoms with Crippen LogP contribution >= 0.6 is 0 Å². The number of anilines is 1. The van der Waals surface area contributed by atoms with Gasteiger partial charge in [0.25, 0.3) is 0 Å². The Morgan fingerprint density at radius 3 is 3.00 bits per heavy atom. The van der Waals surface area contributed by atoms with Gasteiger partial charge in [0.05, 0.1) is 12.5 Å². The van der Waals surface area contributed by atoms with Gasteiger partial charge in [-0.05, 0) is 6.92 Å². The van der Waals surface area contributed by atoms with E-state index in [1.807, 2.05) is 22.4 Å². The maximum atomic E-state index is 5.99. The highest BCUT2D eigenvalue weighted by Gasteiger charge is 2.10. The molecular formula is C11H15N5. The minimum absolute atomic E-state index is 0.649. The second-order valence-electron chi connectivity index (χ2n) is 3.50. The maximum Gasteiger partial charge on any atom is 0.131 e. The van der Waals surface area contributed by atoms with Crippen LogP contribution in [0.2, 0.25) is 0 Å². The van der Waals surface area contributed by atoms with Crippen molar-refractivity contribution in [1.82, 2.24) is 19.3 Å². The monoisotopic (exact) mass is 217 g/mol. The van der Waals surface area contributed by atoms with Crippen molar-refractivity contribution in [2.45, 2.75) is 20.0 Å². The minimum Gasteiger partial charge on any atom is -0.383 e. The largest absolute Gasteiger partial charge is 0.383 e. The molecule has 2 rings (SSSR count). The van der Waals surface area contributed by atoms with E-state index in [-0.39, 0.29) is 0 Å². The van der Waals surface area contributed by atoms with Crippen molar-refractivity contribution in [3.05, 3.63) is 31.4 Å². The molecule has 84 valence electrons. The van der Waals surface area contributed by atoms with Gasteiger partial charge < -0.3 is 10.3 Å². The van der Waals surface area contributed by atoms with Gasteiger partial charge in [0.1, 0.15) is 11.5 Å². The Kier molecular flexibility index (Phi) is 2.76. The van der Waals surface area contributed by atoms with Gasteiger partial charge in [-0.3, -0.25) is 4.68 Å². The van der Waals surface area contributed by atoms with Gasteiger partial charge in [0.2, 0.25) is 0 Å². The molecule has 5 nitrogen and oxygen atoms in total. The highest BCUT2D eigenvalue weighted by molar-refractivity contribution is 5.69. The fourth-order valence-corrected chi connectivity index (χ4v) is 1.56. The smallest absolute Gasteiger partial charge is 0.131 e. The van der Waals surface area contributed by atoms with Crippen LogP contribution in [0.3, 0.4) is 0 Å². The van der Waals surface area contributed by atoms with Crippen molar-refractivity contribution in [2.75, 3.05) is 5.73 Å². The Morgan fingerprint density at radius 1 is 1.56 bits per heavy atom. The predicted molar refractivity (Wildman–Crippen MR) is 63.7 cm³/mol. The molecule has 2 aromatic heterocycles. The molecule has 0 aromatic carbocycles. The zero-order valence-electron chi connectivity index (χ0n) is 9.30. The van der Waals surface area contributed by atoms with Crippen LogP contribution in [0.5, 0.6) is 0 Å². The number of nitrogens with zero attached hydrogens (tertiary/aromatic N) is 4. The van der Waals surface area contributed by atoms with Crippen molar-refractivity contribution in [3.63, 3.8) is 0 Å². The number of imidazole rings is 1. The van der Waals surface area contributed by atoms with Crippen LogP contribution in [0, 0.1) is 0 Å². The Morgan fingerprint density at radius 2 is 2.38 bits per heavy atom. The van der Waals surface area contributed by atoms with Gasteiger partial charge in [0, 0.05) is 24.8 Å². The molecule has 2 heterocycles. The molecule has 0 aliphatic rings. The predicted octanol–water partition coefficient (Wildman–Crippen LogP) is 1.53. The lowest BCUT2D eigenvalue weighted by atomic mass is 10.2. The van der Waals surface area contributed by atoms with Crippen molar-refractivity contribution in [2.24, 2.45) is 0 Å². The summed E-state index contributed by atoms with van der Waals surface area (Å²) in [6, 6.07) is 0. The number of hydrogen-bond acceptors (Lipinski definition) is 3. The lowest BCUT2D eigenvalue weighted by molar-refractivity contribution is 0.660. The first kappa shape index (κ1) is 10.5. The normalized spacial score (nSPS) is 10.6. The molecule has 16 heavy (non-hydrogen) atoms. The first-order valence-corrected chi connectivity index (χ1v) is 5.20. The Balaban J connectivity index is 2.36. The summed E-state index contributed by atoms with van der Waals surface area (Å²) in [6.45, 7) is 7.22. The van der Waals surface area contributed by atoms with E-state index in [0.29, 0.717) is 12.4 Å². The summed E-state index contributed by atoms with van der Waals surface area (Å²) >= 11 is 0. The third kappa shape index (κ3) is 1.71. The molecule has 0 saturated carbocycles. The van der Waals surface area contributed by atoms with E-state index >= 15 is 0 Å². The summed E-state index contributed by atoms with van der Waals surface area (Å²) < 4.78 is 3.70. The second-order valence-corrected chi connectivity index (χ2v) is 3.50. The third-order valence-electron chi connectivity index (χ3n) is 2.43. The molecule has 0 radical (unpaired) electrons. The summed E-state index contributed by atoms with van der Waals surface area (Å²) in [5, 5.41) is 4.20. The summed E-state index contributed by atoms with van der Waals surface area (Å²) in [5.74, 6) is 0.649. The van der Waals surface area contributed by atoms with Gasteiger partial charge in [0.15, 0.2) is 0 Å². The zero-order valence-corrected chi connectivity index (χ0v) is 9.30. The fourth-order valence-electron chi connectivity index (χ4n) is 1.56. The molecule has 0 atom stereocenters. The molecule has 0 saturated heterocycles. The van der Waals surface area contributed by atoms with E-state index in [2.05, 4.69) is 16.7 Å². The Labute approximate surface area is 94.2 Å². The zero-order chi connectivity index (χ0) is 11.5. The van der Waals surface area contributed by atoms with Crippen LogP contribution in [0.15, 0.2) is 31.4 Å². The van der Waals surface area contributed by atoms with Crippen molar-refractivity contribution >= 4 is 5.82 Å². The van der Waals surface area contributed by atoms with Gasteiger partial charge in [-0.25, -0.2) is 4.98 Å². The molecule has 0 spiro atoms. The molecule has 0 unspecified atom stereocenters. The van der Waals surface area contributed by atoms with E-state index in [1.165, 1.54) is 0 Å². The minimum atomic E-state index is 0.649. The van der Waals surface area contributed by atoms with Gasteiger partial charge in [-0.15, -0.1) is 6.58 Å². The first-order chi connectivity index (χ1) is 7.76.